The number of hydrogen-bond donors (Lipinski definition) is 0. The molecule has 2 unspecified atom stereocenters. The van der Waals surface area contributed by atoms with E-state index in [1.54, 1.807) is 12.1 Å². The summed E-state index contributed by atoms with van der Waals surface area (Å²) in [6, 6.07) is 8.59. The van der Waals surface area contributed by atoms with Gasteiger partial charge in [0.25, 0.3) is 0 Å². The first-order valence-electron chi connectivity index (χ1n) is 9.99. The summed E-state index contributed by atoms with van der Waals surface area (Å²) in [5.74, 6) is 0.955. The van der Waals surface area contributed by atoms with E-state index in [4.69, 9.17) is 9.78 Å². The van der Waals surface area contributed by atoms with Crippen molar-refractivity contribution >= 4 is 19.2 Å². The minimum atomic E-state index is -1.89. The van der Waals surface area contributed by atoms with Gasteiger partial charge in [0.2, 0.25) is 0 Å². The zero-order valence-corrected chi connectivity index (χ0v) is 18.2. The molecule has 1 aromatic rings. The van der Waals surface area contributed by atoms with Crippen LogP contribution in [0.4, 0.5) is 0 Å². The van der Waals surface area contributed by atoms with Crippen molar-refractivity contribution in [3.05, 3.63) is 60.5 Å². The maximum Gasteiger partial charge on any atom is 0.373 e. The maximum atomic E-state index is 12.4. The SMILES string of the molecule is C=C[Si](C=C)(CC)c1ccc(C(=O)OO[C]2CC(C)CCC2C(C)C)cc1. The van der Waals surface area contributed by atoms with Crippen molar-refractivity contribution in [3.63, 3.8) is 0 Å². The molecule has 1 fully saturated rings. The van der Waals surface area contributed by atoms with E-state index in [0.29, 0.717) is 23.3 Å². The lowest BCUT2D eigenvalue weighted by Crippen LogP contribution is -2.43. The smallest absolute Gasteiger partial charge is 0.292 e. The van der Waals surface area contributed by atoms with E-state index in [0.717, 1.165) is 25.0 Å². The van der Waals surface area contributed by atoms with E-state index >= 15 is 0 Å². The fourth-order valence-corrected chi connectivity index (χ4v) is 6.30. The van der Waals surface area contributed by atoms with Crippen molar-refractivity contribution < 1.29 is 14.6 Å². The summed E-state index contributed by atoms with van der Waals surface area (Å²) < 4.78 is 0. The minimum Gasteiger partial charge on any atom is -0.292 e. The molecule has 1 aromatic carbocycles. The average molecular weight is 386 g/mol. The lowest BCUT2D eigenvalue weighted by Gasteiger charge is -2.34. The van der Waals surface area contributed by atoms with Gasteiger partial charge in [0.05, 0.1) is 5.56 Å². The molecule has 1 aliphatic carbocycles. The monoisotopic (exact) mass is 385 g/mol. The van der Waals surface area contributed by atoms with Crippen LogP contribution in [0, 0.1) is 23.9 Å². The summed E-state index contributed by atoms with van der Waals surface area (Å²) >= 11 is 0. The van der Waals surface area contributed by atoms with E-state index in [2.05, 4.69) is 40.9 Å². The average Bonchev–Trinajstić information content (AvgIpc) is 2.68. The Hall–Kier alpha value is -1.65. The van der Waals surface area contributed by atoms with E-state index in [-0.39, 0.29) is 0 Å². The molecule has 1 saturated carbocycles. The highest BCUT2D eigenvalue weighted by Gasteiger charge is 2.34. The first-order chi connectivity index (χ1) is 12.9. The molecule has 1 aliphatic rings. The normalized spacial score (nSPS) is 21.1. The second-order valence-corrected chi connectivity index (χ2v) is 12.2. The Morgan fingerprint density at radius 1 is 1.22 bits per heavy atom. The van der Waals surface area contributed by atoms with Crippen LogP contribution in [0.5, 0.6) is 0 Å². The first-order valence-corrected chi connectivity index (χ1v) is 12.3. The summed E-state index contributed by atoms with van der Waals surface area (Å²) in [6.45, 7) is 16.7. The zero-order chi connectivity index (χ0) is 20.0. The predicted molar refractivity (Wildman–Crippen MR) is 114 cm³/mol. The molecule has 4 heteroatoms. The van der Waals surface area contributed by atoms with E-state index in [9.17, 15) is 4.79 Å². The molecule has 0 spiro atoms. The molecule has 0 amide bonds. The standard InChI is InChI=1S/C23H33O3Si/c1-7-27(8-2,9-3)20-13-11-19(12-14-20)23(24)26-25-22-16-18(6)10-15-21(22)17(4)5/h7-8,11-14,17-18,21H,1-2,9-10,15-16H2,3-6H3. The summed E-state index contributed by atoms with van der Waals surface area (Å²) in [6.07, 6.45) is 4.05. The van der Waals surface area contributed by atoms with Gasteiger partial charge in [0.1, 0.15) is 8.07 Å². The van der Waals surface area contributed by atoms with Gasteiger partial charge in [-0.15, -0.1) is 13.2 Å². The second-order valence-electron chi connectivity index (χ2n) is 8.04. The van der Waals surface area contributed by atoms with Crippen LogP contribution in [0.1, 0.15) is 57.3 Å². The Balaban J connectivity index is 2.03. The van der Waals surface area contributed by atoms with Crippen molar-refractivity contribution in [1.82, 2.24) is 0 Å². The molecule has 0 aliphatic heterocycles. The molecule has 0 saturated heterocycles. The maximum absolute atomic E-state index is 12.4. The van der Waals surface area contributed by atoms with Crippen molar-refractivity contribution in [2.75, 3.05) is 0 Å². The molecule has 3 nitrogen and oxygen atoms in total. The van der Waals surface area contributed by atoms with Gasteiger partial charge in [-0.05, 0) is 48.8 Å². The predicted octanol–water partition coefficient (Wildman–Crippen LogP) is 5.53. The van der Waals surface area contributed by atoms with Gasteiger partial charge in [0, 0.05) is 0 Å². The van der Waals surface area contributed by atoms with Crippen molar-refractivity contribution in [2.45, 2.75) is 53.0 Å². The van der Waals surface area contributed by atoms with E-state index < -0.39 is 14.0 Å². The molecule has 2 rings (SSSR count). The fraction of sp³-hybridized carbons (Fsp3) is 0.478. The van der Waals surface area contributed by atoms with E-state index in [1.165, 1.54) is 11.6 Å². The molecule has 1 radical (unpaired) electrons. The second kappa shape index (κ2) is 9.51. The lowest BCUT2D eigenvalue weighted by molar-refractivity contribution is -0.251. The fourth-order valence-electron chi connectivity index (χ4n) is 3.89. The third kappa shape index (κ3) is 4.99. The van der Waals surface area contributed by atoms with Crippen LogP contribution in [0.2, 0.25) is 6.04 Å². The number of rotatable bonds is 8. The van der Waals surface area contributed by atoms with Crippen LogP contribution < -0.4 is 5.19 Å². The number of hydrogen-bond acceptors (Lipinski definition) is 3. The van der Waals surface area contributed by atoms with Gasteiger partial charge >= 0.3 is 5.97 Å². The van der Waals surface area contributed by atoms with Crippen LogP contribution >= 0.6 is 0 Å². The van der Waals surface area contributed by atoms with Gasteiger partial charge in [-0.3, -0.25) is 4.89 Å². The Bertz CT molecular complexity index is 642. The minimum absolute atomic E-state index is 0.354. The lowest BCUT2D eigenvalue weighted by atomic mass is 9.75. The summed E-state index contributed by atoms with van der Waals surface area (Å²) in [7, 11) is -1.89. The number of carbonyl (C=O) groups excluding carboxylic acids is 1. The van der Waals surface area contributed by atoms with Gasteiger partial charge in [0.15, 0.2) is 6.10 Å². The Morgan fingerprint density at radius 3 is 2.37 bits per heavy atom. The van der Waals surface area contributed by atoms with Gasteiger partial charge in [-0.2, -0.15) is 4.89 Å². The highest BCUT2D eigenvalue weighted by atomic mass is 28.3. The molecule has 2 atom stereocenters. The van der Waals surface area contributed by atoms with Gasteiger partial charge < -0.3 is 0 Å². The molecule has 0 bridgehead atoms. The summed E-state index contributed by atoms with van der Waals surface area (Å²) in [4.78, 5) is 23.2. The molecule has 0 N–H and O–H groups in total. The van der Waals surface area contributed by atoms with Crippen LogP contribution in [-0.2, 0) is 9.78 Å². The zero-order valence-electron chi connectivity index (χ0n) is 17.2. The van der Waals surface area contributed by atoms with Crippen molar-refractivity contribution in [3.8, 4) is 0 Å². The molecular formula is C23H33O3Si. The topological polar surface area (TPSA) is 35.5 Å². The first kappa shape index (κ1) is 21.6. The van der Waals surface area contributed by atoms with Gasteiger partial charge in [-0.1, -0.05) is 62.8 Å². The molecular weight excluding hydrogens is 352 g/mol. The van der Waals surface area contributed by atoms with Crippen LogP contribution in [-0.4, -0.2) is 14.0 Å². The highest BCUT2D eigenvalue weighted by molar-refractivity contribution is 6.99. The molecule has 27 heavy (non-hydrogen) atoms. The van der Waals surface area contributed by atoms with E-state index in [1.807, 2.05) is 23.5 Å². The largest absolute Gasteiger partial charge is 0.373 e. The third-order valence-corrected chi connectivity index (χ3v) is 9.97. The van der Waals surface area contributed by atoms with Crippen LogP contribution in [0.3, 0.4) is 0 Å². The molecule has 147 valence electrons. The quantitative estimate of drug-likeness (QED) is 0.335. The molecule has 0 aromatic heterocycles. The van der Waals surface area contributed by atoms with Crippen molar-refractivity contribution in [2.24, 2.45) is 17.8 Å². The highest BCUT2D eigenvalue weighted by Crippen LogP contribution is 2.40. The summed E-state index contributed by atoms with van der Waals surface area (Å²) in [5, 5.41) is 1.20. The Kier molecular flexibility index (Phi) is 7.63. The summed E-state index contributed by atoms with van der Waals surface area (Å²) in [5.41, 5.74) is 4.56. The van der Waals surface area contributed by atoms with Gasteiger partial charge in [-0.25, -0.2) is 4.79 Å². The molecule has 0 heterocycles. The van der Waals surface area contributed by atoms with Crippen LogP contribution in [0.25, 0.3) is 0 Å². The third-order valence-electron chi connectivity index (χ3n) is 5.93. The van der Waals surface area contributed by atoms with Crippen LogP contribution in [0.15, 0.2) is 48.8 Å². The Labute approximate surface area is 165 Å². The van der Waals surface area contributed by atoms with Crippen molar-refractivity contribution in [1.29, 1.82) is 0 Å². The Morgan fingerprint density at radius 2 is 1.85 bits per heavy atom. The number of benzene rings is 1. The number of carbonyl (C=O) groups is 1.